The van der Waals surface area contributed by atoms with Gasteiger partial charge in [-0.3, -0.25) is 4.90 Å². The standard InChI is InChI=1S/C19H29BrN2O2S/c1-25(23,24)22-12-6-2-3-9-19(22)16-10-13-21(14-11-16)15-17-7-4-5-8-18(17)20/h4-5,7-8,16,19H,2-3,6,9-15H2,1H3/t19-/m0/s1. The van der Waals surface area contributed by atoms with Crippen molar-refractivity contribution in [2.24, 2.45) is 5.92 Å². The van der Waals surface area contributed by atoms with Crippen LogP contribution in [0.3, 0.4) is 0 Å². The van der Waals surface area contributed by atoms with E-state index in [-0.39, 0.29) is 6.04 Å². The van der Waals surface area contributed by atoms with E-state index in [9.17, 15) is 8.42 Å². The summed E-state index contributed by atoms with van der Waals surface area (Å²) in [6.07, 6.45) is 7.93. The number of hydrogen-bond acceptors (Lipinski definition) is 3. The Labute approximate surface area is 160 Å². The molecule has 0 amide bonds. The Hall–Kier alpha value is -0.430. The smallest absolute Gasteiger partial charge is 0.211 e. The van der Waals surface area contributed by atoms with Crippen LogP contribution in [-0.2, 0) is 16.6 Å². The van der Waals surface area contributed by atoms with Crippen LogP contribution in [0.4, 0.5) is 0 Å². The summed E-state index contributed by atoms with van der Waals surface area (Å²) in [6.45, 7) is 3.79. The first-order chi connectivity index (χ1) is 11.9. The molecule has 2 saturated heterocycles. The molecular weight excluding hydrogens is 400 g/mol. The zero-order valence-corrected chi connectivity index (χ0v) is 17.4. The van der Waals surface area contributed by atoms with Crippen molar-refractivity contribution >= 4 is 26.0 Å². The largest absolute Gasteiger partial charge is 0.299 e. The summed E-state index contributed by atoms with van der Waals surface area (Å²) in [5, 5.41) is 0. The number of rotatable bonds is 4. The molecule has 3 rings (SSSR count). The lowest BCUT2D eigenvalue weighted by Gasteiger charge is -2.39. The third-order valence-electron chi connectivity index (χ3n) is 5.70. The Morgan fingerprint density at radius 2 is 1.76 bits per heavy atom. The number of sulfonamides is 1. The first-order valence-electron chi connectivity index (χ1n) is 9.38. The lowest BCUT2D eigenvalue weighted by molar-refractivity contribution is 0.124. The van der Waals surface area contributed by atoms with Gasteiger partial charge in [-0.2, -0.15) is 4.31 Å². The van der Waals surface area contributed by atoms with Gasteiger partial charge in [-0.1, -0.05) is 47.0 Å². The number of benzene rings is 1. The van der Waals surface area contributed by atoms with Gasteiger partial charge in [0.25, 0.3) is 0 Å². The van der Waals surface area contributed by atoms with Crippen molar-refractivity contribution < 1.29 is 8.42 Å². The molecule has 0 bridgehead atoms. The first-order valence-corrected chi connectivity index (χ1v) is 12.0. The Morgan fingerprint density at radius 3 is 2.44 bits per heavy atom. The van der Waals surface area contributed by atoms with Crippen molar-refractivity contribution in [1.82, 2.24) is 9.21 Å². The highest BCUT2D eigenvalue weighted by atomic mass is 79.9. The van der Waals surface area contributed by atoms with Crippen molar-refractivity contribution in [3.63, 3.8) is 0 Å². The second-order valence-corrected chi connectivity index (χ2v) is 10.3. The molecule has 1 aromatic rings. The molecule has 0 N–H and O–H groups in total. The van der Waals surface area contributed by atoms with Gasteiger partial charge in [0, 0.05) is 23.6 Å². The normalized spacial score (nSPS) is 25.0. The Balaban J connectivity index is 1.61. The molecule has 2 heterocycles. The van der Waals surface area contributed by atoms with Crippen LogP contribution >= 0.6 is 15.9 Å². The van der Waals surface area contributed by atoms with E-state index in [4.69, 9.17) is 0 Å². The number of piperidine rings is 1. The molecule has 0 spiro atoms. The predicted molar refractivity (Wildman–Crippen MR) is 106 cm³/mol. The Kier molecular flexibility index (Phi) is 6.58. The second kappa shape index (κ2) is 8.51. The maximum Gasteiger partial charge on any atom is 0.211 e. The summed E-state index contributed by atoms with van der Waals surface area (Å²) in [6, 6.07) is 8.61. The highest BCUT2D eigenvalue weighted by Crippen LogP contribution is 2.32. The van der Waals surface area contributed by atoms with Crippen LogP contribution in [-0.4, -0.2) is 49.6 Å². The van der Waals surface area contributed by atoms with Crippen LogP contribution in [0.1, 0.15) is 44.1 Å². The van der Waals surface area contributed by atoms with Crippen molar-refractivity contribution in [2.75, 3.05) is 25.9 Å². The van der Waals surface area contributed by atoms with Gasteiger partial charge in [-0.05, 0) is 56.3 Å². The van der Waals surface area contributed by atoms with Crippen molar-refractivity contribution in [3.8, 4) is 0 Å². The van der Waals surface area contributed by atoms with Crippen LogP contribution in [0.5, 0.6) is 0 Å². The van der Waals surface area contributed by atoms with E-state index < -0.39 is 10.0 Å². The van der Waals surface area contributed by atoms with E-state index in [0.29, 0.717) is 12.5 Å². The molecule has 0 radical (unpaired) electrons. The summed E-state index contributed by atoms with van der Waals surface area (Å²) in [5.41, 5.74) is 1.33. The van der Waals surface area contributed by atoms with Crippen LogP contribution in [0.25, 0.3) is 0 Å². The molecule has 2 aliphatic rings. The SMILES string of the molecule is CS(=O)(=O)N1CCCCC[C@H]1C1CCN(Cc2ccccc2Br)CC1. The molecule has 0 saturated carbocycles. The number of halogens is 1. The van der Waals surface area contributed by atoms with E-state index >= 15 is 0 Å². The molecular formula is C19H29BrN2O2S. The summed E-state index contributed by atoms with van der Waals surface area (Å²) >= 11 is 3.64. The molecule has 1 atom stereocenters. The van der Waals surface area contributed by atoms with Gasteiger partial charge in [0.05, 0.1) is 6.26 Å². The number of nitrogens with zero attached hydrogens (tertiary/aromatic N) is 2. The summed E-state index contributed by atoms with van der Waals surface area (Å²) in [7, 11) is -3.10. The van der Waals surface area contributed by atoms with Crippen molar-refractivity contribution in [1.29, 1.82) is 0 Å². The van der Waals surface area contributed by atoms with Gasteiger partial charge in [0.1, 0.15) is 0 Å². The van der Waals surface area contributed by atoms with Gasteiger partial charge < -0.3 is 0 Å². The minimum Gasteiger partial charge on any atom is -0.299 e. The fourth-order valence-corrected chi connectivity index (χ4v) is 5.99. The van der Waals surface area contributed by atoms with Gasteiger partial charge in [0.2, 0.25) is 10.0 Å². The highest BCUT2D eigenvalue weighted by Gasteiger charge is 2.35. The topological polar surface area (TPSA) is 40.6 Å². The predicted octanol–water partition coefficient (Wildman–Crippen LogP) is 3.87. The van der Waals surface area contributed by atoms with Crippen molar-refractivity contribution in [3.05, 3.63) is 34.3 Å². The Bertz CT molecular complexity index is 672. The summed E-state index contributed by atoms with van der Waals surface area (Å²) in [4.78, 5) is 2.50. The minimum absolute atomic E-state index is 0.211. The lowest BCUT2D eigenvalue weighted by Crippen LogP contribution is -2.47. The fourth-order valence-electron chi connectivity index (χ4n) is 4.35. The van der Waals surface area contributed by atoms with Gasteiger partial charge in [-0.25, -0.2) is 8.42 Å². The zero-order chi connectivity index (χ0) is 17.9. The van der Waals surface area contributed by atoms with Crippen LogP contribution in [0, 0.1) is 5.92 Å². The number of hydrogen-bond donors (Lipinski definition) is 0. The van der Waals surface area contributed by atoms with Gasteiger partial charge in [0.15, 0.2) is 0 Å². The van der Waals surface area contributed by atoms with E-state index in [0.717, 1.165) is 58.2 Å². The van der Waals surface area contributed by atoms with Crippen LogP contribution < -0.4 is 0 Å². The molecule has 0 unspecified atom stereocenters. The van der Waals surface area contributed by atoms with Crippen LogP contribution in [0.2, 0.25) is 0 Å². The molecule has 1 aromatic carbocycles. The molecule has 0 aliphatic carbocycles. The third kappa shape index (κ3) is 5.06. The lowest BCUT2D eigenvalue weighted by atomic mass is 9.87. The van der Waals surface area contributed by atoms with Gasteiger partial charge in [-0.15, -0.1) is 0 Å². The third-order valence-corrected chi connectivity index (χ3v) is 7.78. The molecule has 25 heavy (non-hydrogen) atoms. The summed E-state index contributed by atoms with van der Waals surface area (Å²) in [5.74, 6) is 0.503. The molecule has 0 aromatic heterocycles. The molecule has 4 nitrogen and oxygen atoms in total. The van der Waals surface area contributed by atoms with Gasteiger partial charge >= 0.3 is 0 Å². The molecule has 6 heteroatoms. The molecule has 2 aliphatic heterocycles. The average Bonchev–Trinajstić information content (AvgIpc) is 2.83. The Morgan fingerprint density at radius 1 is 1.04 bits per heavy atom. The highest BCUT2D eigenvalue weighted by molar-refractivity contribution is 9.10. The summed E-state index contributed by atoms with van der Waals surface area (Å²) < 4.78 is 27.5. The van der Waals surface area contributed by atoms with E-state index in [2.05, 4.69) is 39.0 Å². The van der Waals surface area contributed by atoms with E-state index in [1.54, 1.807) is 0 Å². The second-order valence-electron chi connectivity index (χ2n) is 7.50. The first kappa shape index (κ1) is 19.3. The minimum atomic E-state index is -3.10. The molecule has 140 valence electrons. The van der Waals surface area contributed by atoms with Crippen molar-refractivity contribution in [2.45, 2.75) is 51.1 Å². The van der Waals surface area contributed by atoms with E-state index in [1.807, 2.05) is 10.4 Å². The maximum absolute atomic E-state index is 12.2. The number of likely N-dealkylation sites (tertiary alicyclic amines) is 1. The van der Waals surface area contributed by atoms with E-state index in [1.165, 1.54) is 16.3 Å². The average molecular weight is 429 g/mol. The van der Waals surface area contributed by atoms with Crippen LogP contribution in [0.15, 0.2) is 28.7 Å². The quantitative estimate of drug-likeness (QED) is 0.730. The fraction of sp³-hybridized carbons (Fsp3) is 0.684. The zero-order valence-electron chi connectivity index (χ0n) is 15.0. The maximum atomic E-state index is 12.2. The monoisotopic (exact) mass is 428 g/mol. The molecule has 2 fully saturated rings.